The molecule has 23 heavy (non-hydrogen) atoms. The number of aliphatic carboxylic acids is 2. The molecule has 0 bridgehead atoms. The fourth-order valence-corrected chi connectivity index (χ4v) is 1.57. The molecular formula is C15H30N2O6. The highest BCUT2D eigenvalue weighted by Gasteiger charge is 2.21. The van der Waals surface area contributed by atoms with Crippen molar-refractivity contribution in [1.82, 2.24) is 5.32 Å². The van der Waals surface area contributed by atoms with Gasteiger partial charge in [0.1, 0.15) is 6.04 Å². The van der Waals surface area contributed by atoms with Crippen LogP contribution in [0.2, 0.25) is 0 Å². The van der Waals surface area contributed by atoms with E-state index in [4.69, 9.17) is 15.9 Å². The molecule has 0 aliphatic rings. The van der Waals surface area contributed by atoms with Crippen LogP contribution in [0.4, 0.5) is 4.79 Å². The van der Waals surface area contributed by atoms with E-state index in [0.29, 0.717) is 0 Å². The van der Waals surface area contributed by atoms with Crippen molar-refractivity contribution in [2.24, 2.45) is 17.6 Å². The highest BCUT2D eigenvalue weighted by Crippen LogP contribution is 2.11. The van der Waals surface area contributed by atoms with Crippen LogP contribution in [-0.4, -0.2) is 47.4 Å². The monoisotopic (exact) mass is 334 g/mol. The number of methoxy groups -OCH3 is 1. The predicted molar refractivity (Wildman–Crippen MR) is 86.1 cm³/mol. The van der Waals surface area contributed by atoms with Crippen molar-refractivity contribution in [3.8, 4) is 0 Å². The molecule has 0 rings (SSSR count). The number of hydrogen-bond acceptors (Lipinski definition) is 5. The molecule has 0 spiro atoms. The van der Waals surface area contributed by atoms with Crippen LogP contribution in [0.3, 0.4) is 0 Å². The van der Waals surface area contributed by atoms with Gasteiger partial charge in [-0.1, -0.05) is 40.5 Å². The van der Waals surface area contributed by atoms with Crippen molar-refractivity contribution in [2.75, 3.05) is 7.11 Å². The van der Waals surface area contributed by atoms with Crippen molar-refractivity contribution < 1.29 is 29.3 Å². The lowest BCUT2D eigenvalue weighted by molar-refractivity contribution is -0.140. The second kappa shape index (κ2) is 12.7. The third-order valence-electron chi connectivity index (χ3n) is 3.76. The van der Waals surface area contributed by atoms with Crippen LogP contribution in [0, 0.1) is 11.8 Å². The van der Waals surface area contributed by atoms with Gasteiger partial charge in [-0.15, -0.1) is 0 Å². The molecule has 136 valence electrons. The smallest absolute Gasteiger partial charge is 0.407 e. The minimum Gasteiger partial charge on any atom is -0.481 e. The molecule has 8 heteroatoms. The zero-order valence-electron chi connectivity index (χ0n) is 14.5. The van der Waals surface area contributed by atoms with Gasteiger partial charge in [0.2, 0.25) is 0 Å². The molecule has 0 heterocycles. The summed E-state index contributed by atoms with van der Waals surface area (Å²) in [6, 6.07) is -1.07. The molecule has 5 N–H and O–H groups in total. The van der Waals surface area contributed by atoms with Gasteiger partial charge in [-0.2, -0.15) is 0 Å². The SMILES string of the molecule is CCC(C)[C@H](N)C(=O)O.CC[C@H](C)[C@H](CC(=O)O)NC(=O)OC. The highest BCUT2D eigenvalue weighted by molar-refractivity contribution is 5.73. The van der Waals surface area contributed by atoms with Gasteiger partial charge < -0.3 is 26.0 Å². The molecule has 0 saturated heterocycles. The van der Waals surface area contributed by atoms with Crippen molar-refractivity contribution in [3.63, 3.8) is 0 Å². The number of rotatable bonds is 8. The highest BCUT2D eigenvalue weighted by atomic mass is 16.5. The lowest BCUT2D eigenvalue weighted by Gasteiger charge is -2.21. The van der Waals surface area contributed by atoms with E-state index in [-0.39, 0.29) is 24.3 Å². The summed E-state index contributed by atoms with van der Waals surface area (Å²) in [5.74, 6) is -1.65. The number of carbonyl (C=O) groups excluding carboxylic acids is 1. The number of alkyl carbamates (subject to hydrolysis) is 1. The fourth-order valence-electron chi connectivity index (χ4n) is 1.57. The molecule has 4 atom stereocenters. The van der Waals surface area contributed by atoms with E-state index < -0.39 is 24.1 Å². The molecule has 8 nitrogen and oxygen atoms in total. The van der Waals surface area contributed by atoms with Gasteiger partial charge in [0.05, 0.1) is 13.5 Å². The van der Waals surface area contributed by atoms with Crippen LogP contribution in [-0.2, 0) is 14.3 Å². The minimum atomic E-state index is -0.924. The van der Waals surface area contributed by atoms with Gasteiger partial charge in [-0.3, -0.25) is 9.59 Å². The summed E-state index contributed by atoms with van der Waals surface area (Å²) >= 11 is 0. The number of carbonyl (C=O) groups is 3. The maximum absolute atomic E-state index is 10.9. The Hall–Kier alpha value is -1.83. The first-order chi connectivity index (χ1) is 10.6. The number of ether oxygens (including phenoxy) is 1. The van der Waals surface area contributed by atoms with Crippen LogP contribution in [0.25, 0.3) is 0 Å². The first-order valence-corrected chi connectivity index (χ1v) is 7.65. The van der Waals surface area contributed by atoms with E-state index in [2.05, 4.69) is 10.1 Å². The molecule has 0 radical (unpaired) electrons. The van der Waals surface area contributed by atoms with Crippen LogP contribution in [0.5, 0.6) is 0 Å². The van der Waals surface area contributed by atoms with Crippen LogP contribution in [0.15, 0.2) is 0 Å². The Kier molecular flexibility index (Phi) is 12.9. The molecule has 0 fully saturated rings. The van der Waals surface area contributed by atoms with Crippen molar-refractivity contribution in [3.05, 3.63) is 0 Å². The Bertz CT molecular complexity index is 375. The maximum Gasteiger partial charge on any atom is 0.407 e. The molecule has 0 aliphatic heterocycles. The van der Waals surface area contributed by atoms with E-state index in [1.54, 1.807) is 0 Å². The molecular weight excluding hydrogens is 304 g/mol. The summed E-state index contributed by atoms with van der Waals surface area (Å²) in [4.78, 5) is 31.6. The molecule has 0 aromatic rings. The van der Waals surface area contributed by atoms with Gasteiger partial charge in [0, 0.05) is 6.04 Å². The zero-order valence-corrected chi connectivity index (χ0v) is 14.5. The Morgan fingerprint density at radius 3 is 1.83 bits per heavy atom. The predicted octanol–water partition coefficient (Wildman–Crippen LogP) is 1.68. The third-order valence-corrected chi connectivity index (χ3v) is 3.76. The quantitative estimate of drug-likeness (QED) is 0.529. The van der Waals surface area contributed by atoms with Crippen molar-refractivity contribution in [1.29, 1.82) is 0 Å². The first kappa shape index (κ1) is 23.4. The zero-order chi connectivity index (χ0) is 18.6. The van der Waals surface area contributed by atoms with E-state index in [1.165, 1.54) is 7.11 Å². The Morgan fingerprint density at radius 1 is 1.09 bits per heavy atom. The summed E-state index contributed by atoms with van der Waals surface area (Å²) in [5.41, 5.74) is 5.27. The molecule has 0 aliphatic carbocycles. The average molecular weight is 334 g/mol. The number of hydrogen-bond donors (Lipinski definition) is 4. The normalized spacial score (nSPS) is 15.2. The lowest BCUT2D eigenvalue weighted by Crippen LogP contribution is -2.40. The third kappa shape index (κ3) is 11.4. The number of nitrogens with two attached hydrogens (primary N) is 1. The summed E-state index contributed by atoms with van der Waals surface area (Å²) in [5, 5.41) is 19.5. The Morgan fingerprint density at radius 2 is 1.57 bits per heavy atom. The van der Waals surface area contributed by atoms with Gasteiger partial charge in [0.25, 0.3) is 0 Å². The number of carboxylic acids is 2. The molecule has 0 aromatic carbocycles. The summed E-state index contributed by atoms with van der Waals surface area (Å²) in [6.07, 6.45) is 0.955. The van der Waals surface area contributed by atoms with Gasteiger partial charge >= 0.3 is 18.0 Å². The van der Waals surface area contributed by atoms with E-state index in [1.807, 2.05) is 27.7 Å². The van der Waals surface area contributed by atoms with Crippen LogP contribution in [0.1, 0.15) is 47.0 Å². The van der Waals surface area contributed by atoms with E-state index >= 15 is 0 Å². The lowest BCUT2D eigenvalue weighted by atomic mass is 9.96. The first-order valence-electron chi connectivity index (χ1n) is 7.65. The summed E-state index contributed by atoms with van der Waals surface area (Å²) in [7, 11) is 1.25. The largest absolute Gasteiger partial charge is 0.481 e. The van der Waals surface area contributed by atoms with Crippen LogP contribution >= 0.6 is 0 Å². The minimum absolute atomic E-state index is 0.0718. The second-order valence-corrected chi connectivity index (χ2v) is 5.48. The van der Waals surface area contributed by atoms with Crippen LogP contribution < -0.4 is 11.1 Å². The molecule has 1 amide bonds. The molecule has 0 aromatic heterocycles. The number of carboxylic acid groups (broad SMARTS) is 2. The second-order valence-electron chi connectivity index (χ2n) is 5.48. The fraction of sp³-hybridized carbons (Fsp3) is 0.800. The van der Waals surface area contributed by atoms with E-state index in [9.17, 15) is 14.4 Å². The summed E-state index contributed by atoms with van der Waals surface area (Å²) in [6.45, 7) is 7.59. The van der Waals surface area contributed by atoms with Gasteiger partial charge in [-0.05, 0) is 11.8 Å². The topological polar surface area (TPSA) is 139 Å². The molecule has 0 saturated carbocycles. The number of amides is 1. The number of nitrogens with one attached hydrogen (secondary N) is 1. The van der Waals surface area contributed by atoms with Crippen molar-refractivity contribution in [2.45, 2.75) is 59.0 Å². The summed E-state index contributed by atoms with van der Waals surface area (Å²) < 4.78 is 4.41. The standard InChI is InChI=1S/C9H17NO4.C6H13NO2/c1-4-6(2)7(5-8(11)12)10-9(13)14-3;1-3-4(2)5(7)6(8)9/h6-7H,4-5H2,1-3H3,(H,10,13)(H,11,12);4-5H,3,7H2,1-2H3,(H,8,9)/t6-,7-;4?,5-/m00/s1. The average Bonchev–Trinajstić information content (AvgIpc) is 2.51. The molecule has 1 unspecified atom stereocenters. The van der Waals surface area contributed by atoms with Gasteiger partial charge in [0.15, 0.2) is 0 Å². The maximum atomic E-state index is 10.9. The van der Waals surface area contributed by atoms with Gasteiger partial charge in [-0.25, -0.2) is 4.79 Å². The Balaban J connectivity index is 0. The Labute approximate surface area is 137 Å². The van der Waals surface area contributed by atoms with Crippen molar-refractivity contribution >= 4 is 18.0 Å². The van der Waals surface area contributed by atoms with E-state index in [0.717, 1.165) is 12.8 Å².